The number of nitrogens with one attached hydrogen (secondary N) is 1. The summed E-state index contributed by atoms with van der Waals surface area (Å²) in [5.74, 6) is -0.411. The number of carbonyl (C=O) groups excluding carboxylic acids is 1. The summed E-state index contributed by atoms with van der Waals surface area (Å²) >= 11 is 0. The lowest BCUT2D eigenvalue weighted by molar-refractivity contribution is -0.123. The van der Waals surface area contributed by atoms with Gasteiger partial charge in [-0.2, -0.15) is 0 Å². The van der Waals surface area contributed by atoms with Crippen molar-refractivity contribution in [3.63, 3.8) is 0 Å². The predicted molar refractivity (Wildman–Crippen MR) is 64.2 cm³/mol. The Balaban J connectivity index is 2.35. The topological polar surface area (TPSA) is 58.4 Å². The average Bonchev–Trinajstić information content (AvgIpc) is 2.31. The fraction of sp³-hybridized carbons (Fsp3) is 0.417. The number of anilines is 1. The van der Waals surface area contributed by atoms with Crippen LogP contribution in [0.1, 0.15) is 6.92 Å². The Kier molecular flexibility index (Phi) is 3.28. The third kappa shape index (κ3) is 2.24. The number of piperazine rings is 1. The molecule has 1 aliphatic heterocycles. The van der Waals surface area contributed by atoms with Crippen molar-refractivity contribution in [3.05, 3.63) is 30.1 Å². The Hall–Kier alpha value is -1.62. The van der Waals surface area contributed by atoms with Crippen LogP contribution in [0.3, 0.4) is 0 Å². The zero-order valence-corrected chi connectivity index (χ0v) is 9.69. The van der Waals surface area contributed by atoms with Gasteiger partial charge in [0.1, 0.15) is 11.9 Å². The van der Waals surface area contributed by atoms with Gasteiger partial charge in [-0.25, -0.2) is 4.39 Å². The van der Waals surface area contributed by atoms with Crippen LogP contribution < -0.4 is 16.0 Å². The van der Waals surface area contributed by atoms with E-state index in [1.807, 2.05) is 11.8 Å². The van der Waals surface area contributed by atoms with Crippen LogP contribution in [0.15, 0.2) is 24.3 Å². The molecule has 1 aliphatic rings. The zero-order chi connectivity index (χ0) is 12.4. The lowest BCUT2D eigenvalue weighted by Crippen LogP contribution is -2.62. The van der Waals surface area contributed by atoms with Gasteiger partial charge in [0.2, 0.25) is 5.91 Å². The van der Waals surface area contributed by atoms with Crippen molar-refractivity contribution in [2.24, 2.45) is 5.73 Å². The highest BCUT2D eigenvalue weighted by Gasteiger charge is 2.33. The van der Waals surface area contributed by atoms with Crippen LogP contribution in [0.4, 0.5) is 10.1 Å². The first kappa shape index (κ1) is 11.9. The molecule has 2 unspecified atom stereocenters. The summed E-state index contributed by atoms with van der Waals surface area (Å²) in [6, 6.07) is 5.91. The molecule has 0 spiro atoms. The second-order valence-corrected chi connectivity index (χ2v) is 4.23. The predicted octanol–water partition coefficient (Wildman–Crippen LogP) is 0.478. The third-order valence-corrected chi connectivity index (χ3v) is 3.01. The van der Waals surface area contributed by atoms with E-state index >= 15 is 0 Å². The Morgan fingerprint density at radius 3 is 3.00 bits per heavy atom. The van der Waals surface area contributed by atoms with Crippen LogP contribution >= 0.6 is 0 Å². The summed E-state index contributed by atoms with van der Waals surface area (Å²) in [5.41, 5.74) is 6.32. The number of rotatable bonds is 2. The normalized spacial score (nSPS) is 24.6. The van der Waals surface area contributed by atoms with Crippen molar-refractivity contribution in [2.75, 3.05) is 18.0 Å². The Labute approximate surface area is 99.6 Å². The van der Waals surface area contributed by atoms with Gasteiger partial charge in [-0.1, -0.05) is 6.07 Å². The van der Waals surface area contributed by atoms with Crippen molar-refractivity contribution in [2.45, 2.75) is 19.0 Å². The Morgan fingerprint density at radius 1 is 1.59 bits per heavy atom. The fourth-order valence-corrected chi connectivity index (χ4v) is 2.19. The molecule has 1 heterocycles. The second kappa shape index (κ2) is 4.71. The van der Waals surface area contributed by atoms with Gasteiger partial charge in [-0.3, -0.25) is 4.79 Å². The highest BCUT2D eigenvalue weighted by molar-refractivity contribution is 5.87. The molecular weight excluding hydrogens is 221 g/mol. The maximum absolute atomic E-state index is 13.2. The first-order valence-corrected chi connectivity index (χ1v) is 5.65. The molecule has 2 atom stereocenters. The first-order chi connectivity index (χ1) is 8.13. The van der Waals surface area contributed by atoms with Gasteiger partial charge in [0.05, 0.1) is 0 Å². The molecule has 0 aromatic heterocycles. The van der Waals surface area contributed by atoms with E-state index in [1.165, 1.54) is 12.1 Å². The summed E-state index contributed by atoms with van der Waals surface area (Å²) < 4.78 is 13.2. The van der Waals surface area contributed by atoms with E-state index in [2.05, 4.69) is 5.32 Å². The number of amides is 1. The van der Waals surface area contributed by atoms with E-state index in [-0.39, 0.29) is 24.3 Å². The highest BCUT2D eigenvalue weighted by atomic mass is 19.1. The molecule has 3 N–H and O–H groups in total. The summed E-state index contributed by atoms with van der Waals surface area (Å²) in [6.07, 6.45) is 0. The SMILES string of the molecule is CC1CNC(=O)C(CN)N1c1cccc(F)c1. The van der Waals surface area contributed by atoms with Gasteiger partial charge in [-0.05, 0) is 25.1 Å². The van der Waals surface area contributed by atoms with Gasteiger partial charge < -0.3 is 16.0 Å². The quantitative estimate of drug-likeness (QED) is 0.786. The van der Waals surface area contributed by atoms with Crippen molar-refractivity contribution in [3.8, 4) is 0 Å². The molecule has 1 aromatic carbocycles. The molecule has 0 saturated carbocycles. The van der Waals surface area contributed by atoms with Crippen LogP contribution in [-0.4, -0.2) is 31.1 Å². The Bertz CT molecular complexity index is 424. The van der Waals surface area contributed by atoms with Crippen LogP contribution in [-0.2, 0) is 4.79 Å². The standard InChI is InChI=1S/C12H16FN3O/c1-8-7-15-12(17)11(6-14)16(8)10-4-2-3-9(13)5-10/h2-5,8,11H,6-7,14H2,1H3,(H,15,17). The average molecular weight is 237 g/mol. The molecular formula is C12H16FN3O. The lowest BCUT2D eigenvalue weighted by atomic mass is 10.1. The number of halogens is 1. The van der Waals surface area contributed by atoms with Crippen LogP contribution in [0, 0.1) is 5.82 Å². The van der Waals surface area contributed by atoms with E-state index in [1.54, 1.807) is 12.1 Å². The maximum Gasteiger partial charge on any atom is 0.244 e. The number of hydrogen-bond donors (Lipinski definition) is 2. The molecule has 2 rings (SSSR count). The molecule has 92 valence electrons. The molecule has 5 heteroatoms. The molecule has 1 fully saturated rings. The number of nitrogens with two attached hydrogens (primary N) is 1. The molecule has 0 aliphatic carbocycles. The van der Waals surface area contributed by atoms with Gasteiger partial charge in [0.15, 0.2) is 0 Å². The minimum absolute atomic E-state index is 0.100. The van der Waals surface area contributed by atoms with Gasteiger partial charge in [0, 0.05) is 24.8 Å². The monoisotopic (exact) mass is 237 g/mol. The Morgan fingerprint density at radius 2 is 2.35 bits per heavy atom. The molecule has 1 amide bonds. The van der Waals surface area contributed by atoms with Crippen LogP contribution in [0.2, 0.25) is 0 Å². The molecule has 4 nitrogen and oxygen atoms in total. The number of carbonyl (C=O) groups is 1. The smallest absolute Gasteiger partial charge is 0.244 e. The summed E-state index contributed by atoms with van der Waals surface area (Å²) in [6.45, 7) is 2.74. The summed E-state index contributed by atoms with van der Waals surface area (Å²) in [7, 11) is 0. The van der Waals surface area contributed by atoms with Gasteiger partial charge in [0.25, 0.3) is 0 Å². The largest absolute Gasteiger partial charge is 0.354 e. The molecule has 1 saturated heterocycles. The first-order valence-electron chi connectivity index (χ1n) is 5.65. The number of hydrogen-bond acceptors (Lipinski definition) is 3. The minimum Gasteiger partial charge on any atom is -0.354 e. The molecule has 1 aromatic rings. The van der Waals surface area contributed by atoms with Crippen molar-refractivity contribution >= 4 is 11.6 Å². The number of benzene rings is 1. The van der Waals surface area contributed by atoms with E-state index < -0.39 is 6.04 Å². The highest BCUT2D eigenvalue weighted by Crippen LogP contribution is 2.22. The van der Waals surface area contributed by atoms with E-state index in [4.69, 9.17) is 5.73 Å². The molecule has 0 radical (unpaired) electrons. The van der Waals surface area contributed by atoms with E-state index in [0.29, 0.717) is 12.2 Å². The minimum atomic E-state index is -0.430. The van der Waals surface area contributed by atoms with Crippen molar-refractivity contribution < 1.29 is 9.18 Å². The number of nitrogens with zero attached hydrogens (tertiary/aromatic N) is 1. The van der Waals surface area contributed by atoms with Crippen molar-refractivity contribution in [1.29, 1.82) is 0 Å². The van der Waals surface area contributed by atoms with Crippen molar-refractivity contribution in [1.82, 2.24) is 5.32 Å². The van der Waals surface area contributed by atoms with Gasteiger partial charge in [-0.15, -0.1) is 0 Å². The zero-order valence-electron chi connectivity index (χ0n) is 9.69. The van der Waals surface area contributed by atoms with Crippen LogP contribution in [0.5, 0.6) is 0 Å². The fourth-order valence-electron chi connectivity index (χ4n) is 2.19. The maximum atomic E-state index is 13.2. The molecule has 17 heavy (non-hydrogen) atoms. The molecule has 0 bridgehead atoms. The van der Waals surface area contributed by atoms with E-state index in [0.717, 1.165) is 0 Å². The summed E-state index contributed by atoms with van der Waals surface area (Å²) in [5, 5.41) is 2.79. The van der Waals surface area contributed by atoms with E-state index in [9.17, 15) is 9.18 Å². The lowest BCUT2D eigenvalue weighted by Gasteiger charge is -2.41. The van der Waals surface area contributed by atoms with Crippen LogP contribution in [0.25, 0.3) is 0 Å². The summed E-state index contributed by atoms with van der Waals surface area (Å²) in [4.78, 5) is 13.6. The van der Waals surface area contributed by atoms with Gasteiger partial charge >= 0.3 is 0 Å². The third-order valence-electron chi connectivity index (χ3n) is 3.01. The second-order valence-electron chi connectivity index (χ2n) is 4.23.